The summed E-state index contributed by atoms with van der Waals surface area (Å²) in [7, 11) is 0. The zero-order valence-electron chi connectivity index (χ0n) is 22.8. The molecular weight excluding hydrogens is 678 g/mol. The smallest absolute Gasteiger partial charge is 0.355 e. The van der Waals surface area contributed by atoms with Crippen LogP contribution in [0.5, 0.6) is 0 Å². The van der Waals surface area contributed by atoms with E-state index in [0.717, 1.165) is 27.8 Å². The summed E-state index contributed by atoms with van der Waals surface area (Å²) in [6.45, 7) is 0.0313. The van der Waals surface area contributed by atoms with Gasteiger partial charge in [-0.05, 0) is 11.1 Å². The van der Waals surface area contributed by atoms with Gasteiger partial charge in [0, 0.05) is 22.9 Å². The first-order chi connectivity index (χ1) is 20.9. The van der Waals surface area contributed by atoms with Crippen LogP contribution in [0.1, 0.15) is 24.0 Å². The Labute approximate surface area is 276 Å². The van der Waals surface area contributed by atoms with Gasteiger partial charge < -0.3 is 19.5 Å². The van der Waals surface area contributed by atoms with Crippen molar-refractivity contribution in [3.63, 3.8) is 0 Å². The first-order valence-corrected chi connectivity index (χ1v) is 15.3. The number of hydrogen-bond acceptors (Lipinski definition) is 9. The second-order valence-electron chi connectivity index (χ2n) is 9.41. The first kappa shape index (κ1) is 33.7. The molecule has 1 N–H and O–H groups in total. The SMILES string of the molecule is CC(=O)OCC1=C(C(=O)OCC(Cl)(Cl)Cl)N2C(=O)C(NC(=O)C(C(=O)OCc3ccccc3)c3ccccc3)[C@H]2SC1=CCl. The number of carbonyl (C=O) groups excluding carboxylic acids is 5. The molecule has 0 saturated carbocycles. The van der Waals surface area contributed by atoms with Gasteiger partial charge >= 0.3 is 17.9 Å². The maximum atomic E-state index is 13.6. The van der Waals surface area contributed by atoms with E-state index in [0.29, 0.717) is 5.56 Å². The van der Waals surface area contributed by atoms with Crippen molar-refractivity contribution in [3.8, 4) is 0 Å². The number of nitrogens with zero attached hydrogens (tertiary/aromatic N) is 1. The highest BCUT2D eigenvalue weighted by Crippen LogP contribution is 2.47. The molecule has 1 saturated heterocycles. The Bertz CT molecular complexity index is 1500. The minimum absolute atomic E-state index is 0.0651. The third-order valence-corrected chi connectivity index (χ3v) is 8.36. The summed E-state index contributed by atoms with van der Waals surface area (Å²) in [5, 5.41) is 1.74. The number of amides is 2. The molecule has 15 heteroatoms. The van der Waals surface area contributed by atoms with Crippen molar-refractivity contribution in [1.29, 1.82) is 0 Å². The number of benzene rings is 2. The fourth-order valence-electron chi connectivity index (χ4n) is 4.35. The summed E-state index contributed by atoms with van der Waals surface area (Å²) >= 11 is 24.3. The lowest BCUT2D eigenvalue weighted by Gasteiger charge is -2.50. The molecule has 232 valence electrons. The van der Waals surface area contributed by atoms with Crippen LogP contribution in [0.2, 0.25) is 0 Å². The predicted molar refractivity (Wildman–Crippen MR) is 164 cm³/mol. The van der Waals surface area contributed by atoms with Crippen molar-refractivity contribution in [3.05, 3.63) is 93.5 Å². The van der Waals surface area contributed by atoms with Gasteiger partial charge in [-0.1, -0.05) is 119 Å². The summed E-state index contributed by atoms with van der Waals surface area (Å²) in [5.41, 5.74) is 1.99. The number of esters is 3. The lowest BCUT2D eigenvalue weighted by Crippen LogP contribution is -2.71. The number of nitrogens with one attached hydrogen (secondary N) is 1. The van der Waals surface area contributed by atoms with Gasteiger partial charge in [0.1, 0.15) is 36.9 Å². The Morgan fingerprint density at radius 2 is 1.61 bits per heavy atom. The topological polar surface area (TPSA) is 128 Å². The van der Waals surface area contributed by atoms with E-state index >= 15 is 0 Å². The van der Waals surface area contributed by atoms with Gasteiger partial charge in [0.15, 0.2) is 5.92 Å². The fraction of sp³-hybridized carbons (Fsp3) is 0.276. The van der Waals surface area contributed by atoms with Crippen LogP contribution in [0.25, 0.3) is 0 Å². The van der Waals surface area contributed by atoms with Gasteiger partial charge in [-0.15, -0.1) is 0 Å². The molecule has 10 nitrogen and oxygen atoms in total. The van der Waals surface area contributed by atoms with E-state index in [9.17, 15) is 24.0 Å². The van der Waals surface area contributed by atoms with Crippen LogP contribution in [0.3, 0.4) is 0 Å². The van der Waals surface area contributed by atoms with Crippen LogP contribution in [-0.4, -0.2) is 63.0 Å². The number of rotatable bonds is 10. The maximum Gasteiger partial charge on any atom is 0.355 e. The molecule has 4 rings (SSSR count). The summed E-state index contributed by atoms with van der Waals surface area (Å²) in [6.07, 6.45) is 0. The van der Waals surface area contributed by atoms with Crippen molar-refractivity contribution in [2.75, 3.05) is 13.2 Å². The van der Waals surface area contributed by atoms with Gasteiger partial charge in [-0.3, -0.25) is 24.1 Å². The lowest BCUT2D eigenvalue weighted by atomic mass is 9.96. The Hall–Kier alpha value is -3.22. The second-order valence-corrected chi connectivity index (χ2v) is 13.3. The van der Waals surface area contributed by atoms with Crippen molar-refractivity contribution in [2.24, 2.45) is 0 Å². The molecular formula is C29H24Cl4N2O8S. The van der Waals surface area contributed by atoms with Crippen molar-refractivity contribution in [1.82, 2.24) is 10.2 Å². The van der Waals surface area contributed by atoms with Gasteiger partial charge in [0.25, 0.3) is 5.91 Å². The number of ether oxygens (including phenoxy) is 3. The average Bonchev–Trinajstić information content (AvgIpc) is 3.00. The Balaban J connectivity index is 1.59. The van der Waals surface area contributed by atoms with E-state index in [2.05, 4.69) is 5.32 Å². The molecule has 44 heavy (non-hydrogen) atoms. The minimum Gasteiger partial charge on any atom is -0.461 e. The average molecular weight is 702 g/mol. The van der Waals surface area contributed by atoms with Crippen molar-refractivity contribution >= 4 is 87.9 Å². The Morgan fingerprint density at radius 1 is 0.977 bits per heavy atom. The van der Waals surface area contributed by atoms with Crippen LogP contribution in [0.4, 0.5) is 0 Å². The zero-order valence-corrected chi connectivity index (χ0v) is 26.7. The van der Waals surface area contributed by atoms with E-state index in [-0.39, 0.29) is 22.8 Å². The normalized spacial score (nSPS) is 19.4. The summed E-state index contributed by atoms with van der Waals surface area (Å²) < 4.78 is 13.7. The van der Waals surface area contributed by atoms with Gasteiger partial charge in [0.2, 0.25) is 9.70 Å². The molecule has 1 fully saturated rings. The number of hydrogen-bond donors (Lipinski definition) is 1. The monoisotopic (exact) mass is 700 g/mol. The number of alkyl halides is 3. The van der Waals surface area contributed by atoms with Gasteiger partial charge in [0.05, 0.1) is 0 Å². The Kier molecular flexibility index (Phi) is 11.3. The van der Waals surface area contributed by atoms with Crippen LogP contribution in [0.15, 0.2) is 82.4 Å². The van der Waals surface area contributed by atoms with E-state index < -0.39 is 64.1 Å². The molecule has 0 aliphatic carbocycles. The van der Waals surface area contributed by atoms with Crippen molar-refractivity contribution in [2.45, 2.75) is 34.7 Å². The maximum absolute atomic E-state index is 13.6. The zero-order chi connectivity index (χ0) is 32.0. The third kappa shape index (κ3) is 8.08. The van der Waals surface area contributed by atoms with E-state index in [1.165, 1.54) is 6.92 Å². The summed E-state index contributed by atoms with van der Waals surface area (Å²) in [5.74, 6) is -5.42. The highest BCUT2D eigenvalue weighted by Gasteiger charge is 2.56. The summed E-state index contributed by atoms with van der Waals surface area (Å²) in [6, 6.07) is 16.0. The van der Waals surface area contributed by atoms with Crippen LogP contribution in [-0.2, 0) is 44.8 Å². The van der Waals surface area contributed by atoms with Crippen molar-refractivity contribution < 1.29 is 38.2 Å². The van der Waals surface area contributed by atoms with E-state index in [1.807, 2.05) is 6.07 Å². The standard InChI is InChI=1S/C29H24Cl4N2O8S/c1-16(36)41-14-19-20(12-30)44-26-22(25(38)35(26)23(19)28(40)43-15-29(31,32)33)34-24(37)21(18-10-6-3-7-11-18)27(39)42-13-17-8-4-2-5-9-17/h2-12,21-22,26H,13-15H2,1H3,(H,34,37)/t21?,22?,26-/m1/s1. The quantitative estimate of drug-likeness (QED) is 0.123. The first-order valence-electron chi connectivity index (χ1n) is 12.9. The minimum atomic E-state index is -1.95. The number of fused-ring (bicyclic) bond motifs is 1. The third-order valence-electron chi connectivity index (χ3n) is 6.35. The van der Waals surface area contributed by atoms with Crippen LogP contribution < -0.4 is 5.32 Å². The molecule has 2 aromatic carbocycles. The van der Waals surface area contributed by atoms with Gasteiger partial charge in [-0.25, -0.2) is 4.79 Å². The molecule has 0 spiro atoms. The highest BCUT2D eigenvalue weighted by atomic mass is 35.6. The van der Waals surface area contributed by atoms with Crippen LogP contribution in [0, 0.1) is 0 Å². The largest absolute Gasteiger partial charge is 0.461 e. The molecule has 0 aromatic heterocycles. The molecule has 2 aliphatic heterocycles. The second kappa shape index (κ2) is 14.7. The molecule has 3 atom stereocenters. The van der Waals surface area contributed by atoms with Crippen LogP contribution >= 0.6 is 58.2 Å². The lowest BCUT2D eigenvalue weighted by molar-refractivity contribution is -0.155. The molecule has 2 amide bonds. The van der Waals surface area contributed by atoms with E-state index in [1.54, 1.807) is 54.6 Å². The number of β-lactam (4-membered cyclic amide) rings is 1. The number of carbonyl (C=O) groups is 5. The Morgan fingerprint density at radius 3 is 2.20 bits per heavy atom. The van der Waals surface area contributed by atoms with Gasteiger partial charge in [-0.2, -0.15) is 0 Å². The fourth-order valence-corrected chi connectivity index (χ4v) is 6.04. The number of halogens is 4. The molecule has 2 aromatic rings. The highest BCUT2D eigenvalue weighted by molar-refractivity contribution is 8.04. The molecule has 0 bridgehead atoms. The predicted octanol–water partition coefficient (Wildman–Crippen LogP) is 4.72. The molecule has 2 unspecified atom stereocenters. The molecule has 2 heterocycles. The molecule has 2 aliphatic rings. The summed E-state index contributed by atoms with van der Waals surface area (Å²) in [4.78, 5) is 66.3. The van der Waals surface area contributed by atoms with E-state index in [4.69, 9.17) is 60.6 Å². The molecule has 0 radical (unpaired) electrons. The number of thioether (sulfide) groups is 1.